The first-order valence-corrected chi connectivity index (χ1v) is 9.06. The van der Waals surface area contributed by atoms with Crippen molar-refractivity contribution in [1.29, 1.82) is 0 Å². The molecule has 0 bridgehead atoms. The van der Waals surface area contributed by atoms with Crippen LogP contribution in [0.15, 0.2) is 16.3 Å². The Balaban J connectivity index is 1.64. The predicted molar refractivity (Wildman–Crippen MR) is 83.9 cm³/mol. The summed E-state index contributed by atoms with van der Waals surface area (Å²) in [4.78, 5) is 19.3. The van der Waals surface area contributed by atoms with Gasteiger partial charge in [0.2, 0.25) is 15.9 Å². The van der Waals surface area contributed by atoms with Crippen molar-refractivity contribution in [3.63, 3.8) is 0 Å². The van der Waals surface area contributed by atoms with Crippen LogP contribution >= 0.6 is 0 Å². The minimum Gasteiger partial charge on any atom is -0.340 e. The highest BCUT2D eigenvalue weighted by molar-refractivity contribution is 7.90. The third kappa shape index (κ3) is 2.65. The zero-order valence-electron chi connectivity index (χ0n) is 13.2. The standard InChI is InChI=1S/C14H22N4O3S/c1-9-5-15-10(2)18-6-12(4-14(9)18)16-22(20,21)13-7-17(8-13)11(3)19/h12-13,16H,4-8H2,1-3H3/t12-/m0/s1. The third-order valence-electron chi connectivity index (χ3n) is 4.66. The van der Waals surface area contributed by atoms with Crippen molar-refractivity contribution in [3.05, 3.63) is 11.3 Å². The van der Waals surface area contributed by atoms with Gasteiger partial charge in [-0.25, -0.2) is 13.1 Å². The van der Waals surface area contributed by atoms with Gasteiger partial charge in [-0.3, -0.25) is 9.79 Å². The van der Waals surface area contributed by atoms with Crippen LogP contribution in [0.1, 0.15) is 27.2 Å². The van der Waals surface area contributed by atoms with Gasteiger partial charge in [0.25, 0.3) is 0 Å². The molecule has 3 heterocycles. The number of carbonyl (C=O) groups is 1. The highest BCUT2D eigenvalue weighted by atomic mass is 32.2. The number of aliphatic imine (C=N–C) groups is 1. The van der Waals surface area contributed by atoms with Crippen LogP contribution in [0.2, 0.25) is 0 Å². The van der Waals surface area contributed by atoms with E-state index in [9.17, 15) is 13.2 Å². The van der Waals surface area contributed by atoms with Gasteiger partial charge in [-0.05, 0) is 19.4 Å². The zero-order chi connectivity index (χ0) is 16.1. The minimum absolute atomic E-state index is 0.0722. The quantitative estimate of drug-likeness (QED) is 0.786. The number of nitrogens with one attached hydrogen (secondary N) is 1. The van der Waals surface area contributed by atoms with Crippen molar-refractivity contribution in [2.24, 2.45) is 4.99 Å². The van der Waals surface area contributed by atoms with E-state index < -0.39 is 15.3 Å². The topological polar surface area (TPSA) is 82.1 Å². The molecule has 2 saturated heterocycles. The highest BCUT2D eigenvalue weighted by Gasteiger charge is 2.41. The first-order valence-electron chi connectivity index (χ1n) is 7.52. The molecule has 122 valence electrons. The molecular formula is C14H22N4O3S. The van der Waals surface area contributed by atoms with Gasteiger partial charge in [-0.1, -0.05) is 0 Å². The Labute approximate surface area is 131 Å². The van der Waals surface area contributed by atoms with Gasteiger partial charge in [0, 0.05) is 44.7 Å². The molecule has 3 rings (SSSR count). The summed E-state index contributed by atoms with van der Waals surface area (Å²) < 4.78 is 27.6. The molecule has 0 aromatic carbocycles. The maximum Gasteiger partial charge on any atom is 0.219 e. The monoisotopic (exact) mass is 326 g/mol. The molecule has 1 atom stereocenters. The number of carbonyl (C=O) groups excluding carboxylic acids is 1. The summed E-state index contributed by atoms with van der Waals surface area (Å²) >= 11 is 0. The molecular weight excluding hydrogens is 304 g/mol. The molecule has 8 heteroatoms. The molecule has 3 aliphatic heterocycles. The van der Waals surface area contributed by atoms with Crippen LogP contribution in [0.3, 0.4) is 0 Å². The Morgan fingerprint density at radius 1 is 1.27 bits per heavy atom. The van der Waals surface area contributed by atoms with Crippen molar-refractivity contribution < 1.29 is 13.2 Å². The summed E-state index contributed by atoms with van der Waals surface area (Å²) in [5.41, 5.74) is 2.40. The number of likely N-dealkylation sites (tertiary alicyclic amines) is 1. The van der Waals surface area contributed by atoms with E-state index in [1.54, 1.807) is 4.90 Å². The zero-order valence-corrected chi connectivity index (χ0v) is 14.0. The molecule has 0 aliphatic carbocycles. The highest BCUT2D eigenvalue weighted by Crippen LogP contribution is 2.29. The van der Waals surface area contributed by atoms with Gasteiger partial charge in [0.1, 0.15) is 11.1 Å². The van der Waals surface area contributed by atoms with Gasteiger partial charge in [-0.2, -0.15) is 0 Å². The lowest BCUT2D eigenvalue weighted by Gasteiger charge is -2.38. The second kappa shape index (κ2) is 5.34. The van der Waals surface area contributed by atoms with E-state index in [1.807, 2.05) is 13.8 Å². The summed E-state index contributed by atoms with van der Waals surface area (Å²) in [5.74, 6) is 0.880. The number of nitrogens with zero attached hydrogens (tertiary/aromatic N) is 3. The summed E-state index contributed by atoms with van der Waals surface area (Å²) in [5, 5.41) is -0.487. The van der Waals surface area contributed by atoms with Crippen LogP contribution in [0.25, 0.3) is 0 Å². The molecule has 0 unspecified atom stereocenters. The van der Waals surface area contributed by atoms with Crippen molar-refractivity contribution in [2.75, 3.05) is 26.2 Å². The Kier molecular flexibility index (Phi) is 3.76. The van der Waals surface area contributed by atoms with Crippen molar-refractivity contribution >= 4 is 21.8 Å². The van der Waals surface area contributed by atoms with Crippen LogP contribution < -0.4 is 4.72 Å². The van der Waals surface area contributed by atoms with Crippen LogP contribution in [-0.2, 0) is 14.8 Å². The first kappa shape index (κ1) is 15.5. The number of hydrogen-bond acceptors (Lipinski definition) is 5. The van der Waals surface area contributed by atoms with Gasteiger partial charge >= 0.3 is 0 Å². The fourth-order valence-electron chi connectivity index (χ4n) is 3.18. The number of hydrogen-bond donors (Lipinski definition) is 1. The number of rotatable bonds is 3. The van der Waals surface area contributed by atoms with Crippen LogP contribution in [0, 0.1) is 0 Å². The molecule has 22 heavy (non-hydrogen) atoms. The number of sulfonamides is 1. The molecule has 0 saturated carbocycles. The maximum atomic E-state index is 12.4. The number of amidine groups is 1. The first-order chi connectivity index (χ1) is 10.3. The number of fused-ring (bicyclic) bond motifs is 1. The van der Waals surface area contributed by atoms with Gasteiger partial charge in [0.05, 0.1) is 6.54 Å². The molecule has 2 fully saturated rings. The largest absolute Gasteiger partial charge is 0.340 e. The predicted octanol–water partition coefficient (Wildman–Crippen LogP) is -0.0832. The molecule has 3 aliphatic rings. The average molecular weight is 326 g/mol. The minimum atomic E-state index is -3.38. The normalized spacial score (nSPS) is 26.0. The van der Waals surface area contributed by atoms with E-state index in [4.69, 9.17) is 0 Å². The lowest BCUT2D eigenvalue weighted by Crippen LogP contribution is -2.60. The smallest absolute Gasteiger partial charge is 0.219 e. The summed E-state index contributed by atoms with van der Waals surface area (Å²) in [6.45, 7) is 7.39. The molecule has 1 N–H and O–H groups in total. The SMILES string of the molecule is CC(=O)N1CC(S(=O)(=O)N[C@H]2CC3=C(C)CN=C(C)N3C2)C1. The van der Waals surface area contributed by atoms with Crippen LogP contribution in [0.4, 0.5) is 0 Å². The Hall–Kier alpha value is -1.41. The van der Waals surface area contributed by atoms with E-state index in [-0.39, 0.29) is 11.9 Å². The summed E-state index contributed by atoms with van der Waals surface area (Å²) in [7, 11) is -3.38. The molecule has 0 spiro atoms. The lowest BCUT2D eigenvalue weighted by atomic mass is 10.1. The second-order valence-electron chi connectivity index (χ2n) is 6.31. The van der Waals surface area contributed by atoms with E-state index in [2.05, 4.69) is 14.6 Å². The van der Waals surface area contributed by atoms with Gasteiger partial charge < -0.3 is 9.80 Å². The van der Waals surface area contributed by atoms with E-state index in [0.29, 0.717) is 32.6 Å². The van der Waals surface area contributed by atoms with E-state index in [0.717, 1.165) is 5.84 Å². The van der Waals surface area contributed by atoms with Gasteiger partial charge in [0.15, 0.2) is 0 Å². The average Bonchev–Trinajstić information content (AvgIpc) is 2.75. The number of amides is 1. The van der Waals surface area contributed by atoms with Gasteiger partial charge in [-0.15, -0.1) is 0 Å². The van der Waals surface area contributed by atoms with Crippen molar-refractivity contribution in [1.82, 2.24) is 14.5 Å². The third-order valence-corrected chi connectivity index (χ3v) is 6.50. The van der Waals surface area contributed by atoms with Crippen LogP contribution in [-0.4, -0.2) is 67.4 Å². The second-order valence-corrected chi connectivity index (χ2v) is 8.30. The van der Waals surface area contributed by atoms with E-state index in [1.165, 1.54) is 18.2 Å². The molecule has 0 radical (unpaired) electrons. The molecule has 1 amide bonds. The van der Waals surface area contributed by atoms with E-state index >= 15 is 0 Å². The fourth-order valence-corrected chi connectivity index (χ4v) is 4.75. The molecule has 0 aromatic heterocycles. The Bertz CT molecular complexity index is 662. The van der Waals surface area contributed by atoms with Crippen molar-refractivity contribution in [3.8, 4) is 0 Å². The molecule has 0 aromatic rings. The fraction of sp³-hybridized carbons (Fsp3) is 0.714. The lowest BCUT2D eigenvalue weighted by molar-refractivity contribution is -0.131. The summed E-state index contributed by atoms with van der Waals surface area (Å²) in [6, 6.07) is -0.121. The summed E-state index contributed by atoms with van der Waals surface area (Å²) in [6.07, 6.45) is 0.709. The maximum absolute atomic E-state index is 12.4. The Morgan fingerprint density at radius 3 is 2.55 bits per heavy atom. The van der Waals surface area contributed by atoms with Crippen molar-refractivity contribution in [2.45, 2.75) is 38.5 Å². The molecule has 7 nitrogen and oxygen atoms in total. The van der Waals surface area contributed by atoms with Crippen LogP contribution in [0.5, 0.6) is 0 Å². The Morgan fingerprint density at radius 2 is 1.95 bits per heavy atom.